The Balaban J connectivity index is 2.82. The van der Waals surface area contributed by atoms with E-state index < -0.39 is 8.67 Å². The molecule has 1 rings (SSSR count). The van der Waals surface area contributed by atoms with Gasteiger partial charge in [-0.3, -0.25) is 0 Å². The Labute approximate surface area is 91.1 Å². The second-order valence-electron chi connectivity index (χ2n) is 2.69. The lowest BCUT2D eigenvalue weighted by Gasteiger charge is -2.40. The quantitative estimate of drug-likeness (QED) is 0.572. The fourth-order valence-corrected chi connectivity index (χ4v) is 2.47. The molecule has 0 N–H and O–H groups in total. The van der Waals surface area contributed by atoms with Gasteiger partial charge in [-0.05, 0) is 19.3 Å². The molecule has 11 heavy (non-hydrogen) atoms. The van der Waals surface area contributed by atoms with Crippen LogP contribution >= 0.6 is 58.0 Å². The van der Waals surface area contributed by atoms with Gasteiger partial charge in [-0.25, -0.2) is 0 Å². The molecule has 1 aliphatic carbocycles. The highest BCUT2D eigenvalue weighted by Crippen LogP contribution is 2.53. The summed E-state index contributed by atoms with van der Waals surface area (Å²) >= 11 is 29.4. The van der Waals surface area contributed by atoms with E-state index in [-0.39, 0.29) is 5.38 Å². The van der Waals surface area contributed by atoms with Gasteiger partial charge in [-0.15, -0.1) is 11.6 Å². The van der Waals surface area contributed by atoms with Crippen LogP contribution in [0.2, 0.25) is 0 Å². The first-order valence-corrected chi connectivity index (χ1v) is 5.22. The van der Waals surface area contributed by atoms with Crippen LogP contribution in [0.25, 0.3) is 0 Å². The maximum atomic E-state index is 5.88. The molecular weight excluding hydrogens is 249 g/mol. The van der Waals surface area contributed by atoms with Crippen LogP contribution in [0.3, 0.4) is 0 Å². The minimum Gasteiger partial charge on any atom is -0.120 e. The van der Waals surface area contributed by atoms with Gasteiger partial charge in [-0.1, -0.05) is 46.4 Å². The molecule has 0 amide bonds. The van der Waals surface area contributed by atoms with Gasteiger partial charge >= 0.3 is 0 Å². The van der Waals surface area contributed by atoms with Crippen LogP contribution in [-0.4, -0.2) is 14.0 Å². The molecule has 0 aromatic carbocycles. The largest absolute Gasteiger partial charge is 0.167 e. The van der Waals surface area contributed by atoms with Gasteiger partial charge in [0, 0.05) is 0 Å². The van der Waals surface area contributed by atoms with Crippen molar-refractivity contribution >= 4 is 58.0 Å². The first kappa shape index (κ1) is 10.5. The van der Waals surface area contributed by atoms with Crippen molar-refractivity contribution in [3.8, 4) is 0 Å². The Hall–Kier alpha value is 1.45. The normalized spacial score (nSPS) is 35.2. The van der Waals surface area contributed by atoms with Gasteiger partial charge in [0.1, 0.15) is 0 Å². The zero-order valence-electron chi connectivity index (χ0n) is 5.59. The van der Waals surface area contributed by atoms with Crippen LogP contribution in [0.1, 0.15) is 19.3 Å². The van der Waals surface area contributed by atoms with E-state index >= 15 is 0 Å². The summed E-state index contributed by atoms with van der Waals surface area (Å²) in [6.07, 6.45) is 2.21. The van der Waals surface area contributed by atoms with Crippen LogP contribution in [0.4, 0.5) is 0 Å². The van der Waals surface area contributed by atoms with Gasteiger partial charge in [0.2, 0.25) is 0 Å². The van der Waals surface area contributed by atoms with Crippen molar-refractivity contribution in [1.29, 1.82) is 0 Å². The first-order valence-electron chi connectivity index (χ1n) is 3.27. The molecule has 0 radical (unpaired) electrons. The molecule has 1 saturated carbocycles. The van der Waals surface area contributed by atoms with Crippen molar-refractivity contribution < 1.29 is 0 Å². The third kappa shape index (κ3) is 1.86. The summed E-state index contributed by atoms with van der Waals surface area (Å²) in [7, 11) is 0. The average molecular weight is 256 g/mol. The number of rotatable bonds is 0. The van der Waals surface area contributed by atoms with Gasteiger partial charge in [-0.2, -0.15) is 0 Å². The number of hydrogen-bond acceptors (Lipinski definition) is 0. The highest BCUT2D eigenvalue weighted by atomic mass is 35.5. The maximum absolute atomic E-state index is 5.88. The predicted octanol–water partition coefficient (Wildman–Crippen LogP) is 4.13. The van der Waals surface area contributed by atoms with Crippen LogP contribution < -0.4 is 0 Å². The first-order chi connectivity index (χ1) is 4.88. The lowest BCUT2D eigenvalue weighted by Crippen LogP contribution is -2.47. The summed E-state index contributed by atoms with van der Waals surface area (Å²) in [6, 6.07) is 0. The third-order valence-corrected chi connectivity index (χ3v) is 5.13. The topological polar surface area (TPSA) is 0 Å². The summed E-state index contributed by atoms with van der Waals surface area (Å²) in [4.78, 5) is 0. The summed E-state index contributed by atoms with van der Waals surface area (Å²) in [5.74, 6) is 0. The van der Waals surface area contributed by atoms with Gasteiger partial charge in [0.05, 0.1) is 5.38 Å². The van der Waals surface area contributed by atoms with Gasteiger partial charge < -0.3 is 0 Å². The van der Waals surface area contributed by atoms with Crippen LogP contribution in [0.5, 0.6) is 0 Å². The summed E-state index contributed by atoms with van der Waals surface area (Å²) in [5.41, 5.74) is 0. The predicted molar refractivity (Wildman–Crippen MR) is 52.4 cm³/mol. The molecule has 0 aromatic heterocycles. The van der Waals surface area contributed by atoms with Crippen molar-refractivity contribution in [2.75, 3.05) is 0 Å². The van der Waals surface area contributed by atoms with E-state index in [1.54, 1.807) is 0 Å². The molecule has 1 fully saturated rings. The van der Waals surface area contributed by atoms with Crippen LogP contribution in [-0.2, 0) is 0 Å². The van der Waals surface area contributed by atoms with Crippen LogP contribution in [0, 0.1) is 0 Å². The minimum atomic E-state index is -1.23. The van der Waals surface area contributed by atoms with Gasteiger partial charge in [0.15, 0.2) is 8.67 Å². The maximum Gasteiger partial charge on any atom is 0.167 e. The molecule has 1 unspecified atom stereocenters. The van der Waals surface area contributed by atoms with E-state index in [0.29, 0.717) is 6.42 Å². The third-order valence-electron chi connectivity index (χ3n) is 1.83. The molecule has 0 bridgehead atoms. The molecule has 1 aliphatic rings. The molecule has 0 aliphatic heterocycles. The molecule has 0 spiro atoms. The van der Waals surface area contributed by atoms with E-state index in [9.17, 15) is 0 Å². The summed E-state index contributed by atoms with van der Waals surface area (Å²) in [5, 5.41) is -0.366. The lowest BCUT2D eigenvalue weighted by molar-refractivity contribution is 0.460. The minimum absolute atomic E-state index is 0.366. The van der Waals surface area contributed by atoms with Gasteiger partial charge in [0.25, 0.3) is 0 Å². The lowest BCUT2D eigenvalue weighted by atomic mass is 9.98. The fraction of sp³-hybridized carbons (Fsp3) is 1.00. The number of halogens is 5. The number of hydrogen-bond donors (Lipinski definition) is 0. The monoisotopic (exact) mass is 254 g/mol. The zero-order chi connectivity index (χ0) is 8.70. The second-order valence-corrected chi connectivity index (χ2v) is 6.08. The van der Waals surface area contributed by atoms with Crippen molar-refractivity contribution in [2.24, 2.45) is 0 Å². The highest BCUT2D eigenvalue weighted by Gasteiger charge is 2.53. The Morgan fingerprint density at radius 1 is 1.09 bits per heavy atom. The second kappa shape index (κ2) is 3.31. The molecule has 0 aromatic rings. The Bertz CT molecular complexity index is 153. The molecular formula is C6H7Cl5. The molecule has 5 heteroatoms. The van der Waals surface area contributed by atoms with Crippen molar-refractivity contribution in [1.82, 2.24) is 0 Å². The van der Waals surface area contributed by atoms with Crippen molar-refractivity contribution in [3.63, 3.8) is 0 Å². The Morgan fingerprint density at radius 2 is 1.64 bits per heavy atom. The molecule has 0 nitrogen and oxygen atoms in total. The SMILES string of the molecule is ClC1CCCC(Cl)(Cl)C1(Cl)Cl. The van der Waals surface area contributed by atoms with E-state index in [0.717, 1.165) is 12.8 Å². The molecule has 1 atom stereocenters. The Kier molecular flexibility index (Phi) is 3.16. The molecule has 0 saturated heterocycles. The molecule has 0 heterocycles. The fourth-order valence-electron chi connectivity index (χ4n) is 1.08. The standard InChI is InChI=1S/C6H7Cl5/c7-4-2-1-3-5(8,9)6(4,10)11/h4H,1-3H2. The molecule has 66 valence electrons. The highest BCUT2D eigenvalue weighted by molar-refractivity contribution is 6.64. The smallest absolute Gasteiger partial charge is 0.120 e. The summed E-state index contributed by atoms with van der Waals surface area (Å²) in [6.45, 7) is 0. The zero-order valence-corrected chi connectivity index (χ0v) is 9.37. The Morgan fingerprint density at radius 3 is 2.00 bits per heavy atom. The van der Waals surface area contributed by atoms with Crippen LogP contribution in [0.15, 0.2) is 0 Å². The van der Waals surface area contributed by atoms with E-state index in [2.05, 4.69) is 0 Å². The van der Waals surface area contributed by atoms with E-state index in [1.807, 2.05) is 0 Å². The van der Waals surface area contributed by atoms with E-state index in [4.69, 9.17) is 58.0 Å². The van der Waals surface area contributed by atoms with Crippen molar-refractivity contribution in [3.05, 3.63) is 0 Å². The summed E-state index contributed by atoms with van der Waals surface area (Å²) < 4.78 is -2.34. The van der Waals surface area contributed by atoms with E-state index in [1.165, 1.54) is 0 Å². The number of alkyl halides is 5. The van der Waals surface area contributed by atoms with Crippen molar-refractivity contribution in [2.45, 2.75) is 33.3 Å². The average Bonchev–Trinajstić information content (AvgIpc) is 1.84.